The Morgan fingerprint density at radius 3 is 2.70 bits per heavy atom. The molecule has 1 aromatic rings. The Labute approximate surface area is 119 Å². The largest absolute Gasteiger partial charge is 0.363 e. The second-order valence-electron chi connectivity index (χ2n) is 5.60. The maximum Gasteiger partial charge on any atom is 0.255 e. The summed E-state index contributed by atoms with van der Waals surface area (Å²) in [7, 11) is 3.73. The van der Waals surface area contributed by atoms with E-state index in [2.05, 4.69) is 4.90 Å². The van der Waals surface area contributed by atoms with Gasteiger partial charge in [-0.3, -0.25) is 4.79 Å². The van der Waals surface area contributed by atoms with Crippen LogP contribution in [0.15, 0.2) is 24.3 Å². The Hall–Kier alpha value is -1.46. The number of benzene rings is 1. The summed E-state index contributed by atoms with van der Waals surface area (Å²) < 4.78 is 18.6. The average Bonchev–Trinajstić information content (AvgIpc) is 2.40. The number of halogens is 1. The molecule has 0 aliphatic carbocycles. The molecule has 4 nitrogen and oxygen atoms in total. The summed E-state index contributed by atoms with van der Waals surface area (Å²) in [5.74, 6) is -0.319. The molecule has 1 atom stereocenters. The molecule has 0 radical (unpaired) electrons. The third kappa shape index (κ3) is 3.35. The lowest BCUT2D eigenvalue weighted by atomic mass is 10.0. The van der Waals surface area contributed by atoms with Gasteiger partial charge < -0.3 is 14.5 Å². The standard InChI is InChI=1S/C15H21FN2O2/c1-15(11-17(2)8-9-20-15)14(19)18(3)10-12-4-6-13(16)7-5-12/h4-7H,8-11H2,1-3H3. The normalized spacial score (nSPS) is 23.6. The fourth-order valence-corrected chi connectivity index (χ4v) is 2.54. The third-order valence-corrected chi connectivity index (χ3v) is 3.60. The molecule has 1 saturated heterocycles. The van der Waals surface area contributed by atoms with Crippen molar-refractivity contribution in [1.82, 2.24) is 9.80 Å². The summed E-state index contributed by atoms with van der Waals surface area (Å²) in [4.78, 5) is 16.3. The number of nitrogens with zero attached hydrogens (tertiary/aromatic N) is 2. The molecule has 1 aliphatic rings. The van der Waals surface area contributed by atoms with E-state index >= 15 is 0 Å². The van der Waals surface area contributed by atoms with Crippen LogP contribution in [-0.4, -0.2) is 55.1 Å². The van der Waals surface area contributed by atoms with E-state index in [0.717, 1.165) is 12.1 Å². The van der Waals surface area contributed by atoms with Crippen LogP contribution in [0.2, 0.25) is 0 Å². The van der Waals surface area contributed by atoms with Crippen LogP contribution in [0.5, 0.6) is 0 Å². The topological polar surface area (TPSA) is 32.8 Å². The molecule has 20 heavy (non-hydrogen) atoms. The van der Waals surface area contributed by atoms with E-state index in [0.29, 0.717) is 19.7 Å². The molecule has 0 N–H and O–H groups in total. The smallest absolute Gasteiger partial charge is 0.255 e. The van der Waals surface area contributed by atoms with Crippen LogP contribution in [0.25, 0.3) is 0 Å². The van der Waals surface area contributed by atoms with E-state index in [9.17, 15) is 9.18 Å². The van der Waals surface area contributed by atoms with Gasteiger partial charge in [-0.2, -0.15) is 0 Å². The molecule has 0 saturated carbocycles. The van der Waals surface area contributed by atoms with Gasteiger partial charge >= 0.3 is 0 Å². The van der Waals surface area contributed by atoms with Crippen molar-refractivity contribution < 1.29 is 13.9 Å². The lowest BCUT2D eigenvalue weighted by Crippen LogP contribution is -2.57. The zero-order valence-corrected chi connectivity index (χ0v) is 12.2. The van der Waals surface area contributed by atoms with E-state index in [-0.39, 0.29) is 11.7 Å². The molecule has 1 aromatic carbocycles. The van der Waals surface area contributed by atoms with Gasteiger partial charge in [-0.25, -0.2) is 4.39 Å². The molecule has 110 valence electrons. The van der Waals surface area contributed by atoms with E-state index in [1.807, 2.05) is 14.0 Å². The monoisotopic (exact) mass is 280 g/mol. The highest BCUT2D eigenvalue weighted by Crippen LogP contribution is 2.20. The van der Waals surface area contributed by atoms with Crippen LogP contribution >= 0.6 is 0 Å². The Morgan fingerprint density at radius 2 is 2.10 bits per heavy atom. The molecule has 1 heterocycles. The number of ether oxygens (including phenoxy) is 1. The molecule has 1 amide bonds. The predicted octanol–water partition coefficient (Wildman–Crippen LogP) is 1.50. The quantitative estimate of drug-likeness (QED) is 0.841. The predicted molar refractivity (Wildman–Crippen MR) is 74.7 cm³/mol. The molecular weight excluding hydrogens is 259 g/mol. The Kier molecular flexibility index (Phi) is 4.40. The highest BCUT2D eigenvalue weighted by Gasteiger charge is 2.39. The van der Waals surface area contributed by atoms with Crippen molar-refractivity contribution in [1.29, 1.82) is 0 Å². The third-order valence-electron chi connectivity index (χ3n) is 3.60. The summed E-state index contributed by atoms with van der Waals surface area (Å²) in [6.07, 6.45) is 0. The van der Waals surface area contributed by atoms with Gasteiger partial charge in [-0.05, 0) is 31.7 Å². The lowest BCUT2D eigenvalue weighted by Gasteiger charge is -2.39. The molecular formula is C15H21FN2O2. The first kappa shape index (κ1) is 14.9. The maximum atomic E-state index is 12.9. The second kappa shape index (κ2) is 5.89. The van der Waals surface area contributed by atoms with Crippen molar-refractivity contribution in [2.24, 2.45) is 0 Å². The van der Waals surface area contributed by atoms with Gasteiger partial charge in [0, 0.05) is 26.7 Å². The Balaban J connectivity index is 2.02. The van der Waals surface area contributed by atoms with Crippen LogP contribution in [0.4, 0.5) is 4.39 Å². The molecule has 1 unspecified atom stereocenters. The van der Waals surface area contributed by atoms with Crippen LogP contribution < -0.4 is 0 Å². The van der Waals surface area contributed by atoms with E-state index in [1.165, 1.54) is 12.1 Å². The maximum absolute atomic E-state index is 12.9. The van der Waals surface area contributed by atoms with Gasteiger partial charge in [0.05, 0.1) is 6.61 Å². The number of rotatable bonds is 3. The summed E-state index contributed by atoms with van der Waals surface area (Å²) in [5, 5.41) is 0. The molecule has 5 heteroatoms. The summed E-state index contributed by atoms with van der Waals surface area (Å²) in [6, 6.07) is 6.19. The summed E-state index contributed by atoms with van der Waals surface area (Å²) in [6.45, 7) is 4.25. The number of hydrogen-bond acceptors (Lipinski definition) is 3. The van der Waals surface area contributed by atoms with Gasteiger partial charge in [-0.15, -0.1) is 0 Å². The number of morpholine rings is 1. The van der Waals surface area contributed by atoms with Crippen molar-refractivity contribution >= 4 is 5.91 Å². The van der Waals surface area contributed by atoms with Crippen molar-refractivity contribution in [2.75, 3.05) is 33.8 Å². The van der Waals surface area contributed by atoms with Gasteiger partial charge in [0.15, 0.2) is 5.60 Å². The minimum absolute atomic E-state index is 0.0478. The zero-order chi connectivity index (χ0) is 14.8. The first-order valence-electron chi connectivity index (χ1n) is 6.73. The number of likely N-dealkylation sites (N-methyl/N-ethyl adjacent to an activating group) is 2. The lowest BCUT2D eigenvalue weighted by molar-refractivity contribution is -0.165. The molecule has 0 spiro atoms. The van der Waals surface area contributed by atoms with Gasteiger partial charge in [0.25, 0.3) is 5.91 Å². The second-order valence-corrected chi connectivity index (χ2v) is 5.60. The average molecular weight is 280 g/mol. The number of amides is 1. The van der Waals surface area contributed by atoms with E-state index in [1.54, 1.807) is 24.1 Å². The Morgan fingerprint density at radius 1 is 1.45 bits per heavy atom. The molecule has 0 aromatic heterocycles. The van der Waals surface area contributed by atoms with Crippen LogP contribution in [0.1, 0.15) is 12.5 Å². The van der Waals surface area contributed by atoms with Gasteiger partial charge in [0.1, 0.15) is 5.82 Å². The fraction of sp³-hybridized carbons (Fsp3) is 0.533. The SMILES string of the molecule is CN1CCOC(C)(C(=O)N(C)Cc2ccc(F)cc2)C1. The summed E-state index contributed by atoms with van der Waals surface area (Å²) >= 11 is 0. The van der Waals surface area contributed by atoms with Crippen molar-refractivity contribution in [2.45, 2.75) is 19.1 Å². The van der Waals surface area contributed by atoms with Crippen molar-refractivity contribution in [3.05, 3.63) is 35.6 Å². The van der Waals surface area contributed by atoms with E-state index < -0.39 is 5.60 Å². The van der Waals surface area contributed by atoms with Crippen LogP contribution in [-0.2, 0) is 16.1 Å². The number of hydrogen-bond donors (Lipinski definition) is 0. The van der Waals surface area contributed by atoms with Gasteiger partial charge in [-0.1, -0.05) is 12.1 Å². The minimum atomic E-state index is -0.804. The van der Waals surface area contributed by atoms with Crippen LogP contribution in [0.3, 0.4) is 0 Å². The number of carbonyl (C=O) groups excluding carboxylic acids is 1. The van der Waals surface area contributed by atoms with Crippen molar-refractivity contribution in [3.8, 4) is 0 Å². The Bertz CT molecular complexity index is 477. The molecule has 1 aliphatic heterocycles. The summed E-state index contributed by atoms with van der Waals surface area (Å²) in [5.41, 5.74) is 0.0944. The minimum Gasteiger partial charge on any atom is -0.363 e. The first-order valence-corrected chi connectivity index (χ1v) is 6.73. The molecule has 2 rings (SSSR count). The molecule has 0 bridgehead atoms. The van der Waals surface area contributed by atoms with Crippen molar-refractivity contribution in [3.63, 3.8) is 0 Å². The highest BCUT2D eigenvalue weighted by molar-refractivity contribution is 5.85. The highest BCUT2D eigenvalue weighted by atomic mass is 19.1. The molecule has 1 fully saturated rings. The zero-order valence-electron chi connectivity index (χ0n) is 12.2. The first-order chi connectivity index (χ1) is 9.40. The van der Waals surface area contributed by atoms with E-state index in [4.69, 9.17) is 4.74 Å². The fourth-order valence-electron chi connectivity index (χ4n) is 2.54. The number of carbonyl (C=O) groups is 1. The van der Waals surface area contributed by atoms with Crippen LogP contribution in [0, 0.1) is 5.82 Å². The van der Waals surface area contributed by atoms with Gasteiger partial charge in [0.2, 0.25) is 0 Å².